The molecule has 0 aliphatic rings. The van der Waals surface area contributed by atoms with Crippen molar-refractivity contribution in [1.29, 1.82) is 0 Å². The minimum atomic E-state index is 0. The zero-order chi connectivity index (χ0) is 21.1. The van der Waals surface area contributed by atoms with Crippen molar-refractivity contribution < 1.29 is 9.47 Å². The number of aliphatic imine (C=N–C) groups is 1. The van der Waals surface area contributed by atoms with Gasteiger partial charge in [0.15, 0.2) is 5.96 Å². The van der Waals surface area contributed by atoms with E-state index in [1.165, 1.54) is 0 Å². The molecule has 7 heteroatoms. The molecule has 6 nitrogen and oxygen atoms in total. The van der Waals surface area contributed by atoms with Crippen LogP contribution in [0.15, 0.2) is 53.5 Å². The van der Waals surface area contributed by atoms with Gasteiger partial charge in [-0.1, -0.05) is 32.0 Å². The maximum absolute atomic E-state index is 6.06. The van der Waals surface area contributed by atoms with E-state index in [9.17, 15) is 0 Å². The molecule has 0 amide bonds. The van der Waals surface area contributed by atoms with Crippen LogP contribution in [0.1, 0.15) is 33.3 Å². The third kappa shape index (κ3) is 9.21. The number of anilines is 1. The lowest BCUT2D eigenvalue weighted by Gasteiger charge is -2.18. The predicted molar refractivity (Wildman–Crippen MR) is 136 cm³/mol. The van der Waals surface area contributed by atoms with E-state index < -0.39 is 0 Å². The first-order chi connectivity index (χ1) is 14.0. The molecule has 0 aliphatic heterocycles. The summed E-state index contributed by atoms with van der Waals surface area (Å²) in [5.41, 5.74) is 7.94. The number of nitrogens with two attached hydrogens (primary N) is 1. The van der Waals surface area contributed by atoms with Gasteiger partial charge in [0, 0.05) is 17.8 Å². The van der Waals surface area contributed by atoms with Gasteiger partial charge < -0.3 is 25.4 Å². The topological polar surface area (TPSA) is 72.1 Å². The van der Waals surface area contributed by atoms with Crippen LogP contribution in [0.25, 0.3) is 0 Å². The number of ether oxygens (including phenoxy) is 2. The van der Waals surface area contributed by atoms with E-state index in [-0.39, 0.29) is 30.1 Å². The number of para-hydroxylation sites is 1. The third-order valence-electron chi connectivity index (χ3n) is 4.45. The SMILES string of the molecule is CCN(CC)CCOc1ccccc1CN=C(N)Nc1ccc(OC(C)C)cc1.I. The zero-order valence-electron chi connectivity index (χ0n) is 18.4. The van der Waals surface area contributed by atoms with Crippen LogP contribution in [0, 0.1) is 0 Å². The molecule has 0 saturated carbocycles. The summed E-state index contributed by atoms with van der Waals surface area (Å²) >= 11 is 0. The van der Waals surface area contributed by atoms with Crippen molar-refractivity contribution in [2.45, 2.75) is 40.3 Å². The highest BCUT2D eigenvalue weighted by Crippen LogP contribution is 2.19. The van der Waals surface area contributed by atoms with Gasteiger partial charge in [-0.05, 0) is 57.3 Å². The van der Waals surface area contributed by atoms with Gasteiger partial charge in [-0.2, -0.15) is 0 Å². The molecule has 0 bridgehead atoms. The lowest BCUT2D eigenvalue weighted by molar-refractivity contribution is 0.221. The first-order valence-corrected chi connectivity index (χ1v) is 10.3. The maximum Gasteiger partial charge on any atom is 0.193 e. The Labute approximate surface area is 197 Å². The summed E-state index contributed by atoms with van der Waals surface area (Å²) in [6.45, 7) is 12.4. The average Bonchev–Trinajstić information content (AvgIpc) is 2.71. The number of nitrogens with zero attached hydrogens (tertiary/aromatic N) is 2. The molecule has 0 spiro atoms. The number of benzene rings is 2. The van der Waals surface area contributed by atoms with Crippen LogP contribution >= 0.6 is 24.0 Å². The van der Waals surface area contributed by atoms with Crippen molar-refractivity contribution in [2.75, 3.05) is 31.6 Å². The molecule has 0 heterocycles. The van der Waals surface area contributed by atoms with Crippen LogP contribution in [0.2, 0.25) is 0 Å². The monoisotopic (exact) mass is 526 g/mol. The second-order valence-corrected chi connectivity index (χ2v) is 7.00. The van der Waals surface area contributed by atoms with E-state index >= 15 is 0 Å². The summed E-state index contributed by atoms with van der Waals surface area (Å²) in [6, 6.07) is 15.6. The van der Waals surface area contributed by atoms with Gasteiger partial charge in [-0.15, -0.1) is 24.0 Å². The van der Waals surface area contributed by atoms with E-state index in [4.69, 9.17) is 15.2 Å². The molecule has 0 aromatic heterocycles. The number of likely N-dealkylation sites (N-methyl/N-ethyl adjacent to an activating group) is 1. The summed E-state index contributed by atoms with van der Waals surface area (Å²) in [5.74, 6) is 2.05. The van der Waals surface area contributed by atoms with E-state index in [1.807, 2.05) is 62.4 Å². The summed E-state index contributed by atoms with van der Waals surface area (Å²) < 4.78 is 11.6. The van der Waals surface area contributed by atoms with Crippen LogP contribution < -0.4 is 20.5 Å². The normalized spacial score (nSPS) is 11.3. The highest BCUT2D eigenvalue weighted by atomic mass is 127. The van der Waals surface area contributed by atoms with Gasteiger partial charge in [0.2, 0.25) is 0 Å². The van der Waals surface area contributed by atoms with Crippen molar-refractivity contribution in [2.24, 2.45) is 10.7 Å². The number of halogens is 1. The Bertz CT molecular complexity index is 762. The standard InChI is InChI=1S/C23H34N4O2.HI/c1-5-27(6-2)15-16-28-22-10-8-7-9-19(22)17-25-23(24)26-20-11-13-21(14-12-20)29-18(3)4;/h7-14,18H,5-6,15-17H2,1-4H3,(H3,24,25,26);1H. The number of rotatable bonds is 11. The van der Waals surface area contributed by atoms with Crippen molar-refractivity contribution >= 4 is 35.6 Å². The highest BCUT2D eigenvalue weighted by Gasteiger charge is 2.05. The summed E-state index contributed by atoms with van der Waals surface area (Å²) in [4.78, 5) is 6.79. The second kappa shape index (κ2) is 14.1. The van der Waals surface area contributed by atoms with Gasteiger partial charge in [0.1, 0.15) is 18.1 Å². The maximum atomic E-state index is 6.06. The van der Waals surface area contributed by atoms with Gasteiger partial charge in [0.25, 0.3) is 0 Å². The number of hydrogen-bond acceptors (Lipinski definition) is 4. The van der Waals surface area contributed by atoms with Gasteiger partial charge in [-0.3, -0.25) is 0 Å². The largest absolute Gasteiger partial charge is 0.492 e. The molecule has 166 valence electrons. The minimum Gasteiger partial charge on any atom is -0.492 e. The molecule has 30 heavy (non-hydrogen) atoms. The van der Waals surface area contributed by atoms with E-state index in [0.717, 1.165) is 42.4 Å². The van der Waals surface area contributed by atoms with Crippen molar-refractivity contribution in [1.82, 2.24) is 4.90 Å². The summed E-state index contributed by atoms with van der Waals surface area (Å²) in [6.07, 6.45) is 0.148. The lowest BCUT2D eigenvalue weighted by atomic mass is 10.2. The second-order valence-electron chi connectivity index (χ2n) is 7.00. The highest BCUT2D eigenvalue weighted by molar-refractivity contribution is 14.0. The Hall–Kier alpha value is -2.00. The fourth-order valence-electron chi connectivity index (χ4n) is 2.85. The van der Waals surface area contributed by atoms with Gasteiger partial charge in [-0.25, -0.2) is 4.99 Å². The fourth-order valence-corrected chi connectivity index (χ4v) is 2.85. The third-order valence-corrected chi connectivity index (χ3v) is 4.45. The van der Waals surface area contributed by atoms with Crippen LogP contribution in [-0.4, -0.2) is 43.2 Å². The van der Waals surface area contributed by atoms with Crippen LogP contribution in [0.5, 0.6) is 11.5 Å². The average molecular weight is 526 g/mol. The molecule has 0 saturated heterocycles. The van der Waals surface area contributed by atoms with Gasteiger partial charge >= 0.3 is 0 Å². The Morgan fingerprint density at radius 3 is 2.37 bits per heavy atom. The smallest absolute Gasteiger partial charge is 0.193 e. The number of guanidine groups is 1. The first-order valence-electron chi connectivity index (χ1n) is 10.3. The molecule has 0 radical (unpaired) electrons. The Kier molecular flexibility index (Phi) is 12.2. The van der Waals surface area contributed by atoms with Crippen molar-refractivity contribution in [3.63, 3.8) is 0 Å². The van der Waals surface area contributed by atoms with E-state index in [2.05, 4.69) is 29.1 Å². The number of hydrogen-bond donors (Lipinski definition) is 2. The molecule has 0 fully saturated rings. The Morgan fingerprint density at radius 1 is 1.07 bits per heavy atom. The molecule has 2 aromatic carbocycles. The fraction of sp³-hybridized carbons (Fsp3) is 0.435. The molecular formula is C23H35IN4O2. The zero-order valence-corrected chi connectivity index (χ0v) is 20.8. The molecule has 0 aliphatic carbocycles. The molecule has 2 rings (SSSR count). The van der Waals surface area contributed by atoms with E-state index in [1.54, 1.807) is 0 Å². The molecule has 3 N–H and O–H groups in total. The predicted octanol–water partition coefficient (Wildman–Crippen LogP) is 4.74. The first kappa shape index (κ1) is 26.0. The molecule has 2 aromatic rings. The van der Waals surface area contributed by atoms with Crippen LogP contribution in [-0.2, 0) is 6.54 Å². The van der Waals surface area contributed by atoms with E-state index in [0.29, 0.717) is 19.1 Å². The van der Waals surface area contributed by atoms with Gasteiger partial charge in [0.05, 0.1) is 12.6 Å². The summed E-state index contributed by atoms with van der Waals surface area (Å²) in [5, 5.41) is 3.11. The Balaban J connectivity index is 0.00000450. The molecule has 0 atom stereocenters. The molecular weight excluding hydrogens is 491 g/mol. The molecule has 0 unspecified atom stereocenters. The quantitative estimate of drug-likeness (QED) is 0.252. The summed E-state index contributed by atoms with van der Waals surface area (Å²) in [7, 11) is 0. The lowest BCUT2D eigenvalue weighted by Crippen LogP contribution is -2.28. The minimum absolute atomic E-state index is 0. The van der Waals surface area contributed by atoms with Crippen LogP contribution in [0.3, 0.4) is 0 Å². The van der Waals surface area contributed by atoms with Crippen molar-refractivity contribution in [3.8, 4) is 11.5 Å². The van der Waals surface area contributed by atoms with Crippen molar-refractivity contribution in [3.05, 3.63) is 54.1 Å². The Morgan fingerprint density at radius 2 is 1.73 bits per heavy atom. The van der Waals surface area contributed by atoms with Crippen LogP contribution in [0.4, 0.5) is 5.69 Å². The number of nitrogens with one attached hydrogen (secondary N) is 1.